The number of hydrogen-bond acceptors (Lipinski definition) is 4. The molecule has 2 amide bonds. The Balaban J connectivity index is 1.72. The van der Waals surface area contributed by atoms with Gasteiger partial charge in [-0.1, -0.05) is 18.2 Å². The van der Waals surface area contributed by atoms with Crippen molar-refractivity contribution in [1.82, 2.24) is 0 Å². The predicted molar refractivity (Wildman–Crippen MR) is 113 cm³/mol. The Hall–Kier alpha value is -3.87. The predicted octanol–water partition coefficient (Wildman–Crippen LogP) is 4.28. The van der Waals surface area contributed by atoms with E-state index < -0.39 is 11.7 Å². The van der Waals surface area contributed by atoms with Crippen LogP contribution in [0.2, 0.25) is 0 Å². The Morgan fingerprint density at radius 1 is 0.867 bits per heavy atom. The first-order chi connectivity index (χ1) is 14.5. The highest BCUT2D eigenvalue weighted by molar-refractivity contribution is 6.10. The van der Waals surface area contributed by atoms with Crippen molar-refractivity contribution in [2.45, 2.75) is 6.42 Å². The molecule has 7 heteroatoms. The Labute approximate surface area is 173 Å². The van der Waals surface area contributed by atoms with Gasteiger partial charge in [-0.25, -0.2) is 4.39 Å². The number of benzene rings is 3. The zero-order chi connectivity index (χ0) is 21.5. The van der Waals surface area contributed by atoms with Gasteiger partial charge < -0.3 is 20.1 Å². The molecule has 3 aromatic carbocycles. The number of ether oxygens (including phenoxy) is 2. The number of amides is 2. The normalized spacial score (nSPS) is 10.2. The van der Waals surface area contributed by atoms with Crippen LogP contribution >= 0.6 is 0 Å². The van der Waals surface area contributed by atoms with E-state index in [4.69, 9.17) is 9.47 Å². The highest BCUT2D eigenvalue weighted by atomic mass is 19.1. The van der Waals surface area contributed by atoms with E-state index in [0.29, 0.717) is 28.4 Å². The first kappa shape index (κ1) is 20.9. The molecule has 3 aromatic rings. The van der Waals surface area contributed by atoms with Gasteiger partial charge in [0.15, 0.2) is 11.5 Å². The van der Waals surface area contributed by atoms with Crippen LogP contribution in [-0.2, 0) is 11.2 Å². The molecule has 0 atom stereocenters. The largest absolute Gasteiger partial charge is 0.493 e. The Morgan fingerprint density at radius 3 is 2.27 bits per heavy atom. The van der Waals surface area contributed by atoms with E-state index >= 15 is 0 Å². The smallest absolute Gasteiger partial charge is 0.257 e. The third kappa shape index (κ3) is 5.14. The highest BCUT2D eigenvalue weighted by Crippen LogP contribution is 2.28. The van der Waals surface area contributed by atoms with Crippen LogP contribution in [0.3, 0.4) is 0 Å². The van der Waals surface area contributed by atoms with Gasteiger partial charge in [0, 0.05) is 5.69 Å². The highest BCUT2D eigenvalue weighted by Gasteiger charge is 2.14. The maximum absolute atomic E-state index is 13.0. The lowest BCUT2D eigenvalue weighted by Crippen LogP contribution is -2.19. The van der Waals surface area contributed by atoms with Crippen LogP contribution in [0, 0.1) is 5.82 Å². The minimum Gasteiger partial charge on any atom is -0.493 e. The maximum atomic E-state index is 13.0. The molecule has 154 valence electrons. The van der Waals surface area contributed by atoms with Gasteiger partial charge in [0.25, 0.3) is 5.91 Å². The number of hydrogen-bond donors (Lipinski definition) is 2. The fourth-order valence-electron chi connectivity index (χ4n) is 2.89. The third-order valence-electron chi connectivity index (χ3n) is 4.36. The zero-order valence-corrected chi connectivity index (χ0v) is 16.6. The quantitative estimate of drug-likeness (QED) is 0.612. The molecule has 0 heterocycles. The lowest BCUT2D eigenvalue weighted by Gasteiger charge is -2.12. The van der Waals surface area contributed by atoms with Gasteiger partial charge in [-0.15, -0.1) is 0 Å². The maximum Gasteiger partial charge on any atom is 0.257 e. The number of halogens is 1. The number of carbonyl (C=O) groups is 2. The number of carbonyl (C=O) groups excluding carboxylic acids is 2. The van der Waals surface area contributed by atoms with Gasteiger partial charge in [-0.2, -0.15) is 0 Å². The van der Waals surface area contributed by atoms with E-state index in [2.05, 4.69) is 10.6 Å². The summed E-state index contributed by atoms with van der Waals surface area (Å²) in [5, 5.41) is 5.46. The fourth-order valence-corrected chi connectivity index (χ4v) is 2.89. The van der Waals surface area contributed by atoms with Gasteiger partial charge in [-0.05, 0) is 54.1 Å². The summed E-state index contributed by atoms with van der Waals surface area (Å²) in [6.45, 7) is 0. The van der Waals surface area contributed by atoms with E-state index in [9.17, 15) is 14.0 Å². The molecule has 3 rings (SSSR count). The minimum atomic E-state index is -0.413. The molecule has 0 spiro atoms. The number of para-hydroxylation sites is 1. The summed E-state index contributed by atoms with van der Waals surface area (Å²) in [6, 6.07) is 17.3. The van der Waals surface area contributed by atoms with Gasteiger partial charge in [0.1, 0.15) is 5.82 Å². The van der Waals surface area contributed by atoms with E-state index in [1.54, 1.807) is 42.5 Å². The molecule has 0 aromatic heterocycles. The minimum absolute atomic E-state index is 0.0915. The molecule has 0 saturated heterocycles. The Morgan fingerprint density at radius 2 is 1.57 bits per heavy atom. The van der Waals surface area contributed by atoms with Crippen molar-refractivity contribution in [3.63, 3.8) is 0 Å². The molecule has 0 radical (unpaired) electrons. The first-order valence-electron chi connectivity index (χ1n) is 9.17. The summed E-state index contributed by atoms with van der Waals surface area (Å²) in [5.41, 5.74) is 1.86. The third-order valence-corrected chi connectivity index (χ3v) is 4.36. The van der Waals surface area contributed by atoms with Gasteiger partial charge in [0.2, 0.25) is 5.91 Å². The van der Waals surface area contributed by atoms with Gasteiger partial charge in [-0.3, -0.25) is 9.59 Å². The summed E-state index contributed by atoms with van der Waals surface area (Å²) in [4.78, 5) is 25.2. The lowest BCUT2D eigenvalue weighted by atomic mass is 10.1. The molecular weight excluding hydrogens is 387 g/mol. The van der Waals surface area contributed by atoms with Crippen molar-refractivity contribution < 1.29 is 23.5 Å². The molecule has 2 N–H and O–H groups in total. The molecule has 0 bridgehead atoms. The molecule has 30 heavy (non-hydrogen) atoms. The van der Waals surface area contributed by atoms with Crippen LogP contribution in [0.1, 0.15) is 15.9 Å². The van der Waals surface area contributed by atoms with E-state index in [1.807, 2.05) is 0 Å². The second-order valence-corrected chi connectivity index (χ2v) is 6.42. The van der Waals surface area contributed by atoms with E-state index in [1.165, 1.54) is 38.5 Å². The number of anilines is 2. The Kier molecular flexibility index (Phi) is 6.64. The molecule has 0 fully saturated rings. The lowest BCUT2D eigenvalue weighted by molar-refractivity contribution is -0.115. The van der Waals surface area contributed by atoms with Crippen LogP contribution < -0.4 is 20.1 Å². The van der Waals surface area contributed by atoms with Crippen LogP contribution in [0.15, 0.2) is 66.7 Å². The van der Waals surface area contributed by atoms with Crippen LogP contribution in [0.4, 0.5) is 15.8 Å². The number of rotatable bonds is 7. The van der Waals surface area contributed by atoms with Crippen molar-refractivity contribution in [3.8, 4) is 11.5 Å². The molecule has 0 unspecified atom stereocenters. The molecule has 0 aliphatic carbocycles. The number of nitrogens with one attached hydrogen (secondary N) is 2. The monoisotopic (exact) mass is 408 g/mol. The van der Waals surface area contributed by atoms with Crippen molar-refractivity contribution in [3.05, 3.63) is 83.7 Å². The van der Waals surface area contributed by atoms with Gasteiger partial charge in [0.05, 0.1) is 31.9 Å². The standard InChI is InChI=1S/C23H21FN2O4/c1-29-20-12-7-15(13-21(20)30-2)14-22(27)26-19-6-4-3-5-18(19)23(28)25-17-10-8-16(24)9-11-17/h3-13H,14H2,1-2H3,(H,25,28)(H,26,27). The fraction of sp³-hybridized carbons (Fsp3) is 0.130. The average Bonchev–Trinajstić information content (AvgIpc) is 2.75. The molecular formula is C23H21FN2O4. The first-order valence-corrected chi connectivity index (χ1v) is 9.17. The van der Waals surface area contributed by atoms with Crippen molar-refractivity contribution in [1.29, 1.82) is 0 Å². The number of methoxy groups -OCH3 is 2. The molecule has 6 nitrogen and oxygen atoms in total. The van der Waals surface area contributed by atoms with Crippen molar-refractivity contribution in [2.24, 2.45) is 0 Å². The Bertz CT molecular complexity index is 1050. The van der Waals surface area contributed by atoms with Gasteiger partial charge >= 0.3 is 0 Å². The summed E-state index contributed by atoms with van der Waals surface area (Å²) >= 11 is 0. The van der Waals surface area contributed by atoms with Crippen LogP contribution in [0.25, 0.3) is 0 Å². The molecule has 0 aliphatic rings. The SMILES string of the molecule is COc1ccc(CC(=O)Nc2ccccc2C(=O)Nc2ccc(F)cc2)cc1OC. The van der Waals surface area contributed by atoms with E-state index in [-0.39, 0.29) is 12.3 Å². The van der Waals surface area contributed by atoms with Crippen molar-refractivity contribution >= 4 is 23.2 Å². The summed E-state index contributed by atoms with van der Waals surface area (Å²) in [6.07, 6.45) is 0.0915. The average molecular weight is 408 g/mol. The molecule has 0 saturated carbocycles. The second kappa shape index (κ2) is 9.56. The topological polar surface area (TPSA) is 76.7 Å². The zero-order valence-electron chi connectivity index (χ0n) is 16.6. The summed E-state index contributed by atoms with van der Waals surface area (Å²) < 4.78 is 23.5. The van der Waals surface area contributed by atoms with E-state index in [0.717, 1.165) is 5.56 Å². The van der Waals surface area contributed by atoms with Crippen molar-refractivity contribution in [2.75, 3.05) is 24.9 Å². The second-order valence-electron chi connectivity index (χ2n) is 6.42. The summed E-state index contributed by atoms with van der Waals surface area (Å²) in [5.74, 6) is 0.00930. The summed E-state index contributed by atoms with van der Waals surface area (Å²) in [7, 11) is 3.07. The van der Waals surface area contributed by atoms with Crippen LogP contribution in [0.5, 0.6) is 11.5 Å². The van der Waals surface area contributed by atoms with Crippen LogP contribution in [-0.4, -0.2) is 26.0 Å². The molecule has 0 aliphatic heterocycles.